The summed E-state index contributed by atoms with van der Waals surface area (Å²) in [4.78, 5) is 4.47. The molecule has 0 saturated carbocycles. The molecule has 2 N–H and O–H groups in total. The maximum absolute atomic E-state index is 6.43. The minimum absolute atomic E-state index is 0.233. The quantitative estimate of drug-likeness (QED) is 0.685. The zero-order valence-corrected chi connectivity index (χ0v) is 12.1. The standard InChI is InChI=1S/C16H15ClN2O/c1-9(2)13-11(18)8-12-15(14(13)17)20-16(19-12)10-6-4-3-5-7-10/h3-9H,18H2,1-2H3. The predicted molar refractivity (Wildman–Crippen MR) is 83.0 cm³/mol. The van der Waals surface area contributed by atoms with Gasteiger partial charge in [0.1, 0.15) is 5.52 Å². The van der Waals surface area contributed by atoms with Crippen molar-refractivity contribution in [3.63, 3.8) is 0 Å². The molecule has 0 unspecified atom stereocenters. The van der Waals surface area contributed by atoms with E-state index in [1.54, 1.807) is 0 Å². The van der Waals surface area contributed by atoms with Gasteiger partial charge in [0.15, 0.2) is 5.58 Å². The molecule has 4 heteroatoms. The van der Waals surface area contributed by atoms with Crippen LogP contribution >= 0.6 is 11.6 Å². The van der Waals surface area contributed by atoms with Gasteiger partial charge in [-0.15, -0.1) is 0 Å². The summed E-state index contributed by atoms with van der Waals surface area (Å²) in [6.07, 6.45) is 0. The summed E-state index contributed by atoms with van der Waals surface area (Å²) in [7, 11) is 0. The fourth-order valence-electron chi connectivity index (χ4n) is 2.35. The summed E-state index contributed by atoms with van der Waals surface area (Å²) in [6, 6.07) is 11.6. The number of fused-ring (bicyclic) bond motifs is 1. The van der Waals surface area contributed by atoms with E-state index in [9.17, 15) is 0 Å². The van der Waals surface area contributed by atoms with Crippen molar-refractivity contribution in [1.82, 2.24) is 4.98 Å². The van der Waals surface area contributed by atoms with Crippen LogP contribution in [0.15, 0.2) is 40.8 Å². The number of nitrogen functional groups attached to an aromatic ring is 1. The van der Waals surface area contributed by atoms with Gasteiger partial charge in [-0.2, -0.15) is 0 Å². The molecule has 2 aromatic carbocycles. The van der Waals surface area contributed by atoms with Crippen molar-refractivity contribution in [3.8, 4) is 11.5 Å². The highest BCUT2D eigenvalue weighted by atomic mass is 35.5. The van der Waals surface area contributed by atoms with Crippen LogP contribution in [0.1, 0.15) is 25.3 Å². The molecule has 0 fully saturated rings. The Morgan fingerprint density at radius 3 is 2.55 bits per heavy atom. The fraction of sp³-hybridized carbons (Fsp3) is 0.188. The van der Waals surface area contributed by atoms with Gasteiger partial charge in [0, 0.05) is 16.8 Å². The lowest BCUT2D eigenvalue weighted by molar-refractivity contribution is 0.619. The first kappa shape index (κ1) is 13.0. The van der Waals surface area contributed by atoms with Gasteiger partial charge in [-0.1, -0.05) is 43.6 Å². The molecule has 102 valence electrons. The van der Waals surface area contributed by atoms with Crippen molar-refractivity contribution in [2.24, 2.45) is 0 Å². The molecule has 0 bridgehead atoms. The molecule has 3 rings (SSSR count). The highest BCUT2D eigenvalue weighted by Crippen LogP contribution is 2.38. The zero-order valence-electron chi connectivity index (χ0n) is 11.4. The second-order valence-electron chi connectivity index (χ2n) is 5.08. The van der Waals surface area contributed by atoms with Crippen LogP contribution < -0.4 is 5.73 Å². The summed E-state index contributed by atoms with van der Waals surface area (Å²) in [5, 5.41) is 0.560. The van der Waals surface area contributed by atoms with Crippen LogP contribution in [-0.4, -0.2) is 4.98 Å². The number of anilines is 1. The van der Waals surface area contributed by atoms with Crippen LogP contribution in [0.5, 0.6) is 0 Å². The van der Waals surface area contributed by atoms with E-state index in [1.807, 2.05) is 36.4 Å². The van der Waals surface area contributed by atoms with E-state index in [0.717, 1.165) is 11.1 Å². The number of hydrogen-bond acceptors (Lipinski definition) is 3. The average molecular weight is 287 g/mol. The molecule has 0 aliphatic heterocycles. The van der Waals surface area contributed by atoms with Crippen molar-refractivity contribution >= 4 is 28.4 Å². The summed E-state index contributed by atoms with van der Waals surface area (Å²) in [5.74, 6) is 0.792. The minimum Gasteiger partial charge on any atom is -0.434 e. The van der Waals surface area contributed by atoms with Crippen molar-refractivity contribution < 1.29 is 4.42 Å². The third kappa shape index (κ3) is 2.04. The van der Waals surface area contributed by atoms with Crippen molar-refractivity contribution in [2.45, 2.75) is 19.8 Å². The first-order valence-corrected chi connectivity index (χ1v) is 6.89. The maximum atomic E-state index is 6.43. The van der Waals surface area contributed by atoms with E-state index in [4.69, 9.17) is 21.8 Å². The molecule has 3 nitrogen and oxygen atoms in total. The highest BCUT2D eigenvalue weighted by molar-refractivity contribution is 6.36. The maximum Gasteiger partial charge on any atom is 0.227 e. The Balaban J connectivity index is 2.24. The van der Waals surface area contributed by atoms with Gasteiger partial charge >= 0.3 is 0 Å². The summed E-state index contributed by atoms with van der Waals surface area (Å²) < 4.78 is 5.83. The van der Waals surface area contributed by atoms with Crippen molar-refractivity contribution in [2.75, 3.05) is 5.73 Å². The van der Waals surface area contributed by atoms with E-state index >= 15 is 0 Å². The third-order valence-electron chi connectivity index (χ3n) is 3.29. The smallest absolute Gasteiger partial charge is 0.227 e. The molecular formula is C16H15ClN2O. The van der Waals surface area contributed by atoms with E-state index in [-0.39, 0.29) is 5.92 Å². The minimum atomic E-state index is 0.233. The Morgan fingerprint density at radius 2 is 1.90 bits per heavy atom. The first-order valence-electron chi connectivity index (χ1n) is 6.51. The number of hydrogen-bond donors (Lipinski definition) is 1. The van der Waals surface area contributed by atoms with Crippen LogP contribution in [0.3, 0.4) is 0 Å². The number of oxazole rings is 1. The van der Waals surface area contributed by atoms with E-state index in [1.165, 1.54) is 0 Å². The molecule has 0 radical (unpaired) electrons. The summed E-state index contributed by atoms with van der Waals surface area (Å²) in [6.45, 7) is 4.11. The molecule has 0 aliphatic rings. The Bertz CT molecular complexity index is 763. The molecule has 1 heterocycles. The molecule has 3 aromatic rings. The van der Waals surface area contributed by atoms with E-state index < -0.39 is 0 Å². The van der Waals surface area contributed by atoms with Crippen molar-refractivity contribution in [3.05, 3.63) is 47.0 Å². The Morgan fingerprint density at radius 1 is 1.20 bits per heavy atom. The average Bonchev–Trinajstić information content (AvgIpc) is 2.83. The van der Waals surface area contributed by atoms with Gasteiger partial charge in [-0.25, -0.2) is 4.98 Å². The molecule has 0 saturated heterocycles. The zero-order chi connectivity index (χ0) is 14.3. The first-order chi connectivity index (χ1) is 9.58. The van der Waals surface area contributed by atoms with Gasteiger partial charge < -0.3 is 10.2 Å². The molecule has 0 aliphatic carbocycles. The van der Waals surface area contributed by atoms with Gasteiger partial charge in [0.05, 0.1) is 5.02 Å². The lowest BCUT2D eigenvalue weighted by Crippen LogP contribution is -1.97. The third-order valence-corrected chi connectivity index (χ3v) is 3.67. The molecular weight excluding hydrogens is 272 g/mol. The summed E-state index contributed by atoms with van der Waals surface area (Å²) >= 11 is 6.43. The number of aromatic nitrogens is 1. The van der Waals surface area contributed by atoms with Crippen molar-refractivity contribution in [1.29, 1.82) is 0 Å². The molecule has 20 heavy (non-hydrogen) atoms. The molecule has 1 aromatic heterocycles. The van der Waals surface area contributed by atoms with Crippen LogP contribution in [0, 0.1) is 0 Å². The van der Waals surface area contributed by atoms with Gasteiger partial charge in [-0.3, -0.25) is 0 Å². The largest absolute Gasteiger partial charge is 0.434 e. The van der Waals surface area contributed by atoms with Crippen LogP contribution in [0.25, 0.3) is 22.6 Å². The van der Waals surface area contributed by atoms with Gasteiger partial charge in [-0.05, 0) is 24.1 Å². The number of rotatable bonds is 2. The van der Waals surface area contributed by atoms with E-state index in [0.29, 0.717) is 27.7 Å². The Labute approximate surface area is 122 Å². The second-order valence-corrected chi connectivity index (χ2v) is 5.46. The normalized spacial score (nSPS) is 11.4. The molecule has 0 spiro atoms. The predicted octanol–water partition coefficient (Wildman–Crippen LogP) is 4.85. The SMILES string of the molecule is CC(C)c1c(N)cc2nc(-c3ccccc3)oc2c1Cl. The Hall–Kier alpha value is -2.00. The van der Waals surface area contributed by atoms with Gasteiger partial charge in [0.2, 0.25) is 5.89 Å². The monoisotopic (exact) mass is 286 g/mol. The highest BCUT2D eigenvalue weighted by Gasteiger charge is 2.18. The van der Waals surface area contributed by atoms with Crippen LogP contribution in [0.2, 0.25) is 5.02 Å². The van der Waals surface area contributed by atoms with Crippen LogP contribution in [-0.2, 0) is 0 Å². The van der Waals surface area contributed by atoms with E-state index in [2.05, 4.69) is 18.8 Å². The van der Waals surface area contributed by atoms with Crippen LogP contribution in [0.4, 0.5) is 5.69 Å². The number of nitrogens with zero attached hydrogens (tertiary/aromatic N) is 1. The number of benzene rings is 2. The number of halogens is 1. The lowest BCUT2D eigenvalue weighted by atomic mass is 10.0. The second kappa shape index (κ2) is 4.84. The number of nitrogens with two attached hydrogens (primary N) is 1. The summed E-state index contributed by atoms with van der Waals surface area (Å²) in [5.41, 5.74) is 9.85. The molecule has 0 amide bonds. The topological polar surface area (TPSA) is 52.0 Å². The molecule has 0 atom stereocenters. The lowest BCUT2D eigenvalue weighted by Gasteiger charge is -2.11. The fourth-order valence-corrected chi connectivity index (χ4v) is 2.81. The van der Waals surface area contributed by atoms with Gasteiger partial charge in [0.25, 0.3) is 0 Å². The Kier molecular flexibility index (Phi) is 3.14.